The third kappa shape index (κ3) is 4.11. The highest BCUT2D eigenvalue weighted by Crippen LogP contribution is 2.21. The van der Waals surface area contributed by atoms with E-state index in [1.54, 1.807) is 19.1 Å². The molecule has 17 heavy (non-hydrogen) atoms. The van der Waals surface area contributed by atoms with Crippen LogP contribution in [0.3, 0.4) is 0 Å². The molecule has 0 saturated heterocycles. The number of unbranched alkanes of at least 4 members (excludes halogenated alkanes) is 2. The van der Waals surface area contributed by atoms with E-state index in [0.717, 1.165) is 25.1 Å². The van der Waals surface area contributed by atoms with Crippen molar-refractivity contribution in [1.29, 1.82) is 5.26 Å². The van der Waals surface area contributed by atoms with Crippen LogP contribution in [-0.4, -0.2) is 11.5 Å². The van der Waals surface area contributed by atoms with Gasteiger partial charge >= 0.3 is 0 Å². The summed E-state index contributed by atoms with van der Waals surface area (Å²) in [7, 11) is 0. The zero-order valence-electron chi connectivity index (χ0n) is 9.77. The van der Waals surface area contributed by atoms with E-state index in [-0.39, 0.29) is 10.6 Å². The van der Waals surface area contributed by atoms with Gasteiger partial charge in [-0.05, 0) is 31.9 Å². The smallest absolute Gasteiger partial charge is 0.272 e. The molecule has 0 aliphatic rings. The molecule has 90 valence electrons. The molecule has 1 N–H and O–H groups in total. The summed E-state index contributed by atoms with van der Waals surface area (Å²) in [4.78, 5) is 10.2. The van der Waals surface area contributed by atoms with Crippen LogP contribution < -0.4 is 5.32 Å². The first-order valence-electron chi connectivity index (χ1n) is 5.51. The molecule has 0 bridgehead atoms. The molecule has 5 nitrogen and oxygen atoms in total. The monoisotopic (exact) mass is 233 g/mol. The number of nitrogens with one attached hydrogen (secondary N) is 1. The number of hydrogen-bond donors (Lipinski definition) is 1. The number of nitrogens with zero attached hydrogens (tertiary/aromatic N) is 2. The van der Waals surface area contributed by atoms with Crippen molar-refractivity contribution in [3.63, 3.8) is 0 Å². The van der Waals surface area contributed by atoms with Gasteiger partial charge in [-0.2, -0.15) is 5.26 Å². The van der Waals surface area contributed by atoms with Gasteiger partial charge in [0.2, 0.25) is 0 Å². The minimum Gasteiger partial charge on any atom is -0.385 e. The van der Waals surface area contributed by atoms with Crippen molar-refractivity contribution >= 4 is 11.4 Å². The van der Waals surface area contributed by atoms with Crippen LogP contribution in [0.15, 0.2) is 18.2 Å². The zero-order valence-corrected chi connectivity index (χ0v) is 9.77. The van der Waals surface area contributed by atoms with E-state index in [4.69, 9.17) is 5.26 Å². The van der Waals surface area contributed by atoms with E-state index in [9.17, 15) is 10.1 Å². The average Bonchev–Trinajstić information content (AvgIpc) is 2.28. The summed E-state index contributed by atoms with van der Waals surface area (Å²) in [5.41, 5.74) is 1.67. The van der Waals surface area contributed by atoms with Crippen LogP contribution in [0.4, 0.5) is 11.4 Å². The van der Waals surface area contributed by atoms with E-state index in [0.29, 0.717) is 12.0 Å². The standard InChI is InChI=1S/C12H15N3O2/c1-10-9-11(5-6-12(10)15(16)17)14-8-4-2-3-7-13/h5-6,9,14H,2-4,8H2,1H3. The van der Waals surface area contributed by atoms with Gasteiger partial charge in [-0.15, -0.1) is 0 Å². The van der Waals surface area contributed by atoms with Crippen LogP contribution in [-0.2, 0) is 0 Å². The Morgan fingerprint density at radius 1 is 1.47 bits per heavy atom. The van der Waals surface area contributed by atoms with Gasteiger partial charge in [-0.1, -0.05) is 0 Å². The van der Waals surface area contributed by atoms with Crippen molar-refractivity contribution in [3.8, 4) is 6.07 Å². The van der Waals surface area contributed by atoms with E-state index >= 15 is 0 Å². The number of nitro groups is 1. The third-order valence-corrected chi connectivity index (χ3v) is 2.44. The molecule has 0 spiro atoms. The predicted octanol–water partition coefficient (Wildman–Crippen LogP) is 3.01. The molecular formula is C12H15N3O2. The van der Waals surface area contributed by atoms with Crippen molar-refractivity contribution < 1.29 is 4.92 Å². The quantitative estimate of drug-likeness (QED) is 0.465. The van der Waals surface area contributed by atoms with E-state index in [1.807, 2.05) is 0 Å². The third-order valence-electron chi connectivity index (χ3n) is 2.44. The second-order valence-corrected chi connectivity index (χ2v) is 3.80. The minimum absolute atomic E-state index is 0.139. The van der Waals surface area contributed by atoms with Gasteiger partial charge in [0, 0.05) is 30.3 Å². The molecule has 0 fully saturated rings. The second kappa shape index (κ2) is 6.48. The molecular weight excluding hydrogens is 218 g/mol. The van der Waals surface area contributed by atoms with Crippen molar-refractivity contribution in [1.82, 2.24) is 0 Å². The maximum absolute atomic E-state index is 10.6. The number of benzene rings is 1. The van der Waals surface area contributed by atoms with Gasteiger partial charge in [-0.3, -0.25) is 10.1 Å². The molecule has 0 unspecified atom stereocenters. The summed E-state index contributed by atoms with van der Waals surface area (Å²) < 4.78 is 0. The molecule has 1 rings (SSSR count). The summed E-state index contributed by atoms with van der Waals surface area (Å²) in [6.07, 6.45) is 2.36. The predicted molar refractivity (Wildman–Crippen MR) is 65.8 cm³/mol. The van der Waals surface area contributed by atoms with Gasteiger partial charge in [0.1, 0.15) is 0 Å². The Hall–Kier alpha value is -2.09. The van der Waals surface area contributed by atoms with E-state index in [1.165, 1.54) is 6.07 Å². The van der Waals surface area contributed by atoms with Crippen LogP contribution >= 0.6 is 0 Å². The van der Waals surface area contributed by atoms with Gasteiger partial charge in [-0.25, -0.2) is 0 Å². The van der Waals surface area contributed by atoms with Crippen LogP contribution in [0.5, 0.6) is 0 Å². The van der Waals surface area contributed by atoms with Crippen LogP contribution in [0.2, 0.25) is 0 Å². The summed E-state index contributed by atoms with van der Waals surface area (Å²) in [6.45, 7) is 2.50. The lowest BCUT2D eigenvalue weighted by Crippen LogP contribution is -2.02. The molecule has 0 atom stereocenters. The van der Waals surface area contributed by atoms with Crippen LogP contribution in [0, 0.1) is 28.4 Å². The average molecular weight is 233 g/mol. The fourth-order valence-corrected chi connectivity index (χ4v) is 1.53. The Morgan fingerprint density at radius 2 is 2.24 bits per heavy atom. The molecule has 0 amide bonds. The Labute approximate surface area is 100 Å². The Morgan fingerprint density at radius 3 is 2.82 bits per heavy atom. The molecule has 1 aromatic rings. The van der Waals surface area contributed by atoms with Crippen molar-refractivity contribution in [2.45, 2.75) is 26.2 Å². The first-order valence-corrected chi connectivity index (χ1v) is 5.51. The number of aryl methyl sites for hydroxylation is 1. The number of nitriles is 1. The maximum atomic E-state index is 10.6. The van der Waals surface area contributed by atoms with Gasteiger partial charge < -0.3 is 5.32 Å². The molecule has 0 saturated carbocycles. The molecule has 1 aromatic carbocycles. The lowest BCUT2D eigenvalue weighted by Gasteiger charge is -2.06. The number of anilines is 1. The largest absolute Gasteiger partial charge is 0.385 e. The first kappa shape index (κ1) is 13.0. The lowest BCUT2D eigenvalue weighted by atomic mass is 10.2. The van der Waals surface area contributed by atoms with Crippen molar-refractivity contribution in [2.24, 2.45) is 0 Å². The Bertz CT molecular complexity index is 438. The zero-order chi connectivity index (χ0) is 12.7. The molecule has 0 aromatic heterocycles. The normalized spacial score (nSPS) is 9.65. The fraction of sp³-hybridized carbons (Fsp3) is 0.417. The summed E-state index contributed by atoms with van der Waals surface area (Å²) in [6, 6.07) is 7.07. The second-order valence-electron chi connectivity index (χ2n) is 3.80. The maximum Gasteiger partial charge on any atom is 0.272 e. The van der Waals surface area contributed by atoms with E-state index < -0.39 is 0 Å². The van der Waals surface area contributed by atoms with E-state index in [2.05, 4.69) is 11.4 Å². The lowest BCUT2D eigenvalue weighted by molar-refractivity contribution is -0.385. The fourth-order valence-electron chi connectivity index (χ4n) is 1.53. The molecule has 0 aliphatic carbocycles. The minimum atomic E-state index is -0.383. The SMILES string of the molecule is Cc1cc(NCCCCC#N)ccc1[N+](=O)[O-]. The highest BCUT2D eigenvalue weighted by molar-refractivity contribution is 5.53. The number of nitro benzene ring substituents is 1. The number of rotatable bonds is 6. The Balaban J connectivity index is 2.48. The highest BCUT2D eigenvalue weighted by atomic mass is 16.6. The summed E-state index contributed by atoms with van der Waals surface area (Å²) >= 11 is 0. The van der Waals surface area contributed by atoms with Crippen LogP contribution in [0.25, 0.3) is 0 Å². The van der Waals surface area contributed by atoms with Crippen molar-refractivity contribution in [3.05, 3.63) is 33.9 Å². The van der Waals surface area contributed by atoms with Gasteiger partial charge in [0.25, 0.3) is 5.69 Å². The first-order chi connectivity index (χ1) is 8.15. The summed E-state index contributed by atoms with van der Waals surface area (Å²) in [5, 5.41) is 22.2. The molecule has 0 aliphatic heterocycles. The molecule has 0 heterocycles. The topological polar surface area (TPSA) is 79.0 Å². The van der Waals surface area contributed by atoms with Crippen LogP contribution in [0.1, 0.15) is 24.8 Å². The number of hydrogen-bond acceptors (Lipinski definition) is 4. The highest BCUT2D eigenvalue weighted by Gasteiger charge is 2.09. The molecule has 5 heteroatoms. The molecule has 0 radical (unpaired) electrons. The summed E-state index contributed by atoms with van der Waals surface area (Å²) in [5.74, 6) is 0. The van der Waals surface area contributed by atoms with Crippen molar-refractivity contribution in [2.75, 3.05) is 11.9 Å². The van der Waals surface area contributed by atoms with Gasteiger partial charge in [0.15, 0.2) is 0 Å². The Kier molecular flexibility index (Phi) is 4.95. The van der Waals surface area contributed by atoms with Gasteiger partial charge in [0.05, 0.1) is 11.0 Å².